The minimum Gasteiger partial charge on any atom is -0.350 e. The molecule has 7 heteroatoms. The molecule has 0 heterocycles. The molecule has 0 radical (unpaired) electrons. The molecule has 0 aliphatic heterocycles. The SMILES string of the molecule is Cc1ccc(CN(C(=O)CSCc2ccc(Cl)cc2Cl)[C@@H](C)C(=O)NC(C)(C)C)cc1. The predicted octanol–water partition coefficient (Wildman–Crippen LogP) is 5.87. The number of benzene rings is 2. The van der Waals surface area contributed by atoms with Crippen LogP contribution in [0.15, 0.2) is 42.5 Å². The van der Waals surface area contributed by atoms with Crippen molar-refractivity contribution in [2.24, 2.45) is 0 Å². The first-order valence-corrected chi connectivity index (χ1v) is 12.1. The molecule has 1 atom stereocenters. The summed E-state index contributed by atoms with van der Waals surface area (Å²) in [6.45, 7) is 9.94. The normalized spacial score (nSPS) is 12.4. The van der Waals surface area contributed by atoms with E-state index in [1.807, 2.05) is 58.0 Å². The molecular formula is C24H30Cl2N2O2S. The van der Waals surface area contributed by atoms with Crippen LogP contribution < -0.4 is 5.32 Å². The fraction of sp³-hybridized carbons (Fsp3) is 0.417. The number of carbonyl (C=O) groups is 2. The van der Waals surface area contributed by atoms with Gasteiger partial charge in [-0.25, -0.2) is 0 Å². The zero-order valence-corrected chi connectivity index (χ0v) is 21.0. The Balaban J connectivity index is 2.10. The molecule has 1 N–H and O–H groups in total. The van der Waals surface area contributed by atoms with Gasteiger partial charge in [0.1, 0.15) is 6.04 Å². The summed E-state index contributed by atoms with van der Waals surface area (Å²) in [5.74, 6) is 0.576. The Labute approximate surface area is 199 Å². The number of halogens is 2. The van der Waals surface area contributed by atoms with E-state index in [0.29, 0.717) is 22.3 Å². The third kappa shape index (κ3) is 8.40. The summed E-state index contributed by atoms with van der Waals surface area (Å²) in [4.78, 5) is 27.5. The first-order chi connectivity index (χ1) is 14.5. The second kappa shape index (κ2) is 11.3. The standard InChI is InChI=1S/C24H30Cl2N2O2S/c1-16-6-8-18(9-7-16)13-28(17(2)23(30)27-24(3,4)5)22(29)15-31-14-19-10-11-20(25)12-21(19)26/h6-12,17H,13-15H2,1-5H3,(H,27,30)/t17-/m0/s1. The van der Waals surface area contributed by atoms with Crippen molar-refractivity contribution in [2.75, 3.05) is 5.75 Å². The highest BCUT2D eigenvalue weighted by molar-refractivity contribution is 7.99. The van der Waals surface area contributed by atoms with E-state index in [9.17, 15) is 9.59 Å². The molecule has 0 aromatic heterocycles. The number of aryl methyl sites for hydroxylation is 1. The molecule has 4 nitrogen and oxygen atoms in total. The van der Waals surface area contributed by atoms with Gasteiger partial charge in [-0.05, 0) is 57.9 Å². The molecule has 0 unspecified atom stereocenters. The monoisotopic (exact) mass is 480 g/mol. The highest BCUT2D eigenvalue weighted by atomic mass is 35.5. The van der Waals surface area contributed by atoms with Crippen molar-refractivity contribution in [2.45, 2.75) is 58.5 Å². The van der Waals surface area contributed by atoms with Crippen LogP contribution in [0.3, 0.4) is 0 Å². The molecule has 0 aliphatic rings. The molecule has 2 amide bonds. The first-order valence-electron chi connectivity index (χ1n) is 10.1. The summed E-state index contributed by atoms with van der Waals surface area (Å²) < 4.78 is 0. The molecule has 0 fully saturated rings. The number of nitrogens with one attached hydrogen (secondary N) is 1. The van der Waals surface area contributed by atoms with Crippen LogP contribution >= 0.6 is 35.0 Å². The Morgan fingerprint density at radius 1 is 1.10 bits per heavy atom. The summed E-state index contributed by atoms with van der Waals surface area (Å²) in [6.07, 6.45) is 0. The van der Waals surface area contributed by atoms with Crippen LogP contribution in [0.25, 0.3) is 0 Å². The first kappa shape index (κ1) is 25.6. The average Bonchev–Trinajstić information content (AvgIpc) is 2.67. The summed E-state index contributed by atoms with van der Waals surface area (Å²) in [5.41, 5.74) is 2.69. The fourth-order valence-corrected chi connectivity index (χ4v) is 4.39. The second-order valence-electron chi connectivity index (χ2n) is 8.65. The number of thioether (sulfide) groups is 1. The Bertz CT molecular complexity index is 911. The lowest BCUT2D eigenvalue weighted by atomic mass is 10.1. The van der Waals surface area contributed by atoms with Crippen LogP contribution in [-0.2, 0) is 21.9 Å². The topological polar surface area (TPSA) is 49.4 Å². The Hall–Kier alpha value is -1.69. The number of hydrogen-bond acceptors (Lipinski definition) is 3. The van der Waals surface area contributed by atoms with E-state index >= 15 is 0 Å². The maximum atomic E-state index is 13.1. The Morgan fingerprint density at radius 3 is 2.32 bits per heavy atom. The van der Waals surface area contributed by atoms with Gasteiger partial charge >= 0.3 is 0 Å². The van der Waals surface area contributed by atoms with Crippen LogP contribution in [0.4, 0.5) is 0 Å². The minimum atomic E-state index is -0.590. The molecule has 0 bridgehead atoms. The average molecular weight is 481 g/mol. The van der Waals surface area contributed by atoms with Crippen molar-refractivity contribution in [1.29, 1.82) is 0 Å². The maximum Gasteiger partial charge on any atom is 0.242 e. The summed E-state index contributed by atoms with van der Waals surface area (Å²) in [5, 5.41) is 4.14. The molecule has 2 rings (SSSR count). The molecule has 168 valence electrons. The van der Waals surface area contributed by atoms with E-state index in [1.165, 1.54) is 11.8 Å². The highest BCUT2D eigenvalue weighted by Crippen LogP contribution is 2.25. The van der Waals surface area contributed by atoms with E-state index in [0.717, 1.165) is 16.7 Å². The fourth-order valence-electron chi connectivity index (χ4n) is 2.92. The number of carbonyl (C=O) groups excluding carboxylic acids is 2. The lowest BCUT2D eigenvalue weighted by Crippen LogP contribution is -2.52. The van der Waals surface area contributed by atoms with Crippen LogP contribution in [0.1, 0.15) is 44.4 Å². The minimum absolute atomic E-state index is 0.0905. The van der Waals surface area contributed by atoms with Gasteiger partial charge in [0.25, 0.3) is 0 Å². The highest BCUT2D eigenvalue weighted by Gasteiger charge is 2.28. The molecule has 2 aromatic carbocycles. The molecule has 31 heavy (non-hydrogen) atoms. The van der Waals surface area contributed by atoms with Crippen molar-refractivity contribution in [3.8, 4) is 0 Å². The van der Waals surface area contributed by atoms with E-state index in [2.05, 4.69) is 5.32 Å². The third-order valence-corrected chi connectivity index (χ3v) is 6.19. The molecule has 2 aromatic rings. The largest absolute Gasteiger partial charge is 0.350 e. The number of amides is 2. The molecular weight excluding hydrogens is 451 g/mol. The van der Waals surface area contributed by atoms with Crippen LogP contribution in [-0.4, -0.2) is 34.0 Å². The number of rotatable bonds is 8. The van der Waals surface area contributed by atoms with Gasteiger partial charge in [-0.2, -0.15) is 0 Å². The van der Waals surface area contributed by atoms with Gasteiger partial charge in [-0.1, -0.05) is 59.1 Å². The molecule has 0 saturated carbocycles. The summed E-state index contributed by atoms with van der Waals surface area (Å²) in [6, 6.07) is 12.8. The predicted molar refractivity (Wildman–Crippen MR) is 132 cm³/mol. The van der Waals surface area contributed by atoms with E-state index in [4.69, 9.17) is 23.2 Å². The van der Waals surface area contributed by atoms with E-state index in [1.54, 1.807) is 24.0 Å². The third-order valence-electron chi connectivity index (χ3n) is 4.64. The van der Waals surface area contributed by atoms with Gasteiger partial charge in [0, 0.05) is 27.9 Å². The van der Waals surface area contributed by atoms with Gasteiger partial charge in [0.15, 0.2) is 0 Å². The van der Waals surface area contributed by atoms with Gasteiger partial charge in [0.2, 0.25) is 11.8 Å². The summed E-state index contributed by atoms with van der Waals surface area (Å²) >= 11 is 13.7. The van der Waals surface area contributed by atoms with Crippen LogP contribution in [0.2, 0.25) is 10.0 Å². The van der Waals surface area contributed by atoms with Crippen LogP contribution in [0, 0.1) is 6.92 Å². The van der Waals surface area contributed by atoms with Gasteiger partial charge in [0.05, 0.1) is 5.75 Å². The van der Waals surface area contributed by atoms with Crippen molar-refractivity contribution in [3.05, 3.63) is 69.2 Å². The maximum absolute atomic E-state index is 13.1. The van der Waals surface area contributed by atoms with Gasteiger partial charge < -0.3 is 10.2 Å². The zero-order valence-electron chi connectivity index (χ0n) is 18.7. The van der Waals surface area contributed by atoms with Gasteiger partial charge in [-0.3, -0.25) is 9.59 Å². The summed E-state index contributed by atoms with van der Waals surface area (Å²) in [7, 11) is 0. The smallest absolute Gasteiger partial charge is 0.242 e. The van der Waals surface area contributed by atoms with Crippen LogP contribution in [0.5, 0.6) is 0 Å². The van der Waals surface area contributed by atoms with Crippen molar-refractivity contribution < 1.29 is 9.59 Å². The van der Waals surface area contributed by atoms with E-state index < -0.39 is 6.04 Å². The number of hydrogen-bond donors (Lipinski definition) is 1. The Morgan fingerprint density at radius 2 is 1.74 bits per heavy atom. The van der Waals surface area contributed by atoms with Crippen molar-refractivity contribution >= 4 is 46.8 Å². The van der Waals surface area contributed by atoms with Crippen molar-refractivity contribution in [1.82, 2.24) is 10.2 Å². The second-order valence-corrected chi connectivity index (χ2v) is 10.5. The van der Waals surface area contributed by atoms with E-state index in [-0.39, 0.29) is 23.1 Å². The molecule has 0 spiro atoms. The number of nitrogens with zero attached hydrogens (tertiary/aromatic N) is 1. The molecule has 0 saturated heterocycles. The van der Waals surface area contributed by atoms with Gasteiger partial charge in [-0.15, -0.1) is 11.8 Å². The lowest BCUT2D eigenvalue weighted by molar-refractivity contribution is -0.139. The molecule has 0 aliphatic carbocycles. The Kier molecular flexibility index (Phi) is 9.28. The van der Waals surface area contributed by atoms with Crippen molar-refractivity contribution in [3.63, 3.8) is 0 Å². The zero-order chi connectivity index (χ0) is 23.2. The quantitative estimate of drug-likeness (QED) is 0.513. The lowest BCUT2D eigenvalue weighted by Gasteiger charge is -2.31.